The number of nitrogens with one attached hydrogen (secondary N) is 1. The van der Waals surface area contributed by atoms with Gasteiger partial charge in [-0.15, -0.1) is 11.8 Å². The van der Waals surface area contributed by atoms with E-state index in [1.54, 1.807) is 16.7 Å². The highest BCUT2D eigenvalue weighted by molar-refractivity contribution is 8.00. The summed E-state index contributed by atoms with van der Waals surface area (Å²) in [5.41, 5.74) is 1.19. The predicted molar refractivity (Wildman–Crippen MR) is 76.1 cm³/mol. The zero-order valence-corrected chi connectivity index (χ0v) is 11.8. The maximum Gasteiger partial charge on any atom is 0.233 e. The molecule has 1 aliphatic rings. The second-order valence-electron chi connectivity index (χ2n) is 4.53. The van der Waals surface area contributed by atoms with Gasteiger partial charge in [0.1, 0.15) is 0 Å². The average molecular weight is 278 g/mol. The van der Waals surface area contributed by atoms with Crippen molar-refractivity contribution in [2.24, 2.45) is 0 Å². The quantitative estimate of drug-likeness (QED) is 0.851. The molecule has 1 fully saturated rings. The summed E-state index contributed by atoms with van der Waals surface area (Å²) in [4.78, 5) is 26.2. The highest BCUT2D eigenvalue weighted by atomic mass is 32.2. The Hall–Kier alpha value is -1.49. The van der Waals surface area contributed by atoms with Gasteiger partial charge in [-0.3, -0.25) is 9.59 Å². The van der Waals surface area contributed by atoms with Crippen LogP contribution in [0.1, 0.15) is 12.0 Å². The van der Waals surface area contributed by atoms with Gasteiger partial charge in [0.05, 0.1) is 5.75 Å². The number of carbonyl (C=O) groups is 2. The molecule has 19 heavy (non-hydrogen) atoms. The molecule has 1 aliphatic heterocycles. The Labute approximate surface area is 117 Å². The van der Waals surface area contributed by atoms with Crippen LogP contribution in [0.3, 0.4) is 0 Å². The molecule has 0 bridgehead atoms. The average Bonchev–Trinajstić information content (AvgIpc) is 2.62. The molecule has 4 nitrogen and oxygen atoms in total. The first-order valence-electron chi connectivity index (χ1n) is 6.40. The number of aryl methyl sites for hydroxylation is 1. The fourth-order valence-corrected chi connectivity index (χ4v) is 2.90. The summed E-state index contributed by atoms with van der Waals surface area (Å²) in [5, 5.41) is 2.77. The summed E-state index contributed by atoms with van der Waals surface area (Å²) in [6.07, 6.45) is 0.404. The lowest BCUT2D eigenvalue weighted by Crippen LogP contribution is -2.35. The van der Waals surface area contributed by atoms with Gasteiger partial charge in [0, 0.05) is 31.0 Å². The van der Waals surface area contributed by atoms with E-state index in [9.17, 15) is 9.59 Å². The van der Waals surface area contributed by atoms with E-state index in [-0.39, 0.29) is 11.8 Å². The van der Waals surface area contributed by atoms with Crippen molar-refractivity contribution in [3.05, 3.63) is 29.8 Å². The van der Waals surface area contributed by atoms with Crippen LogP contribution in [-0.4, -0.2) is 42.1 Å². The van der Waals surface area contributed by atoms with Crippen LogP contribution < -0.4 is 5.32 Å². The highest BCUT2D eigenvalue weighted by Crippen LogP contribution is 2.22. The van der Waals surface area contributed by atoms with Crippen LogP contribution in [0.15, 0.2) is 29.2 Å². The summed E-state index contributed by atoms with van der Waals surface area (Å²) in [6.45, 7) is 3.73. The number of rotatable bonds is 3. The zero-order valence-electron chi connectivity index (χ0n) is 11.0. The highest BCUT2D eigenvalue weighted by Gasteiger charge is 2.18. The van der Waals surface area contributed by atoms with E-state index in [0.717, 1.165) is 4.90 Å². The number of thioether (sulfide) groups is 1. The van der Waals surface area contributed by atoms with Gasteiger partial charge >= 0.3 is 0 Å². The molecule has 1 heterocycles. The molecule has 0 radical (unpaired) electrons. The van der Waals surface area contributed by atoms with Gasteiger partial charge in [0.25, 0.3) is 0 Å². The third-order valence-electron chi connectivity index (χ3n) is 3.11. The van der Waals surface area contributed by atoms with Crippen molar-refractivity contribution >= 4 is 23.6 Å². The van der Waals surface area contributed by atoms with Crippen LogP contribution in [0.25, 0.3) is 0 Å². The van der Waals surface area contributed by atoms with Crippen molar-refractivity contribution in [2.75, 3.05) is 25.4 Å². The molecule has 5 heteroatoms. The summed E-state index contributed by atoms with van der Waals surface area (Å²) in [5.74, 6) is 0.561. The van der Waals surface area contributed by atoms with Crippen LogP contribution in [0.4, 0.5) is 0 Å². The first kappa shape index (κ1) is 13.9. The Morgan fingerprint density at radius 3 is 2.95 bits per heavy atom. The Balaban J connectivity index is 1.87. The zero-order chi connectivity index (χ0) is 13.7. The van der Waals surface area contributed by atoms with Crippen molar-refractivity contribution in [1.82, 2.24) is 10.2 Å². The largest absolute Gasteiger partial charge is 0.354 e. The van der Waals surface area contributed by atoms with Crippen molar-refractivity contribution < 1.29 is 9.59 Å². The van der Waals surface area contributed by atoms with Crippen molar-refractivity contribution in [1.29, 1.82) is 0 Å². The molecule has 1 saturated heterocycles. The molecule has 0 spiro atoms. The molecule has 0 saturated carbocycles. The molecule has 0 aliphatic carbocycles. The first-order chi connectivity index (χ1) is 9.16. The predicted octanol–water partition coefficient (Wildman–Crippen LogP) is 1.44. The van der Waals surface area contributed by atoms with Gasteiger partial charge in [-0.05, 0) is 18.6 Å². The first-order valence-corrected chi connectivity index (χ1v) is 7.38. The minimum Gasteiger partial charge on any atom is -0.354 e. The maximum absolute atomic E-state index is 12.1. The van der Waals surface area contributed by atoms with Crippen LogP contribution in [0, 0.1) is 6.92 Å². The minimum atomic E-state index is 0.0295. The molecule has 2 amide bonds. The van der Waals surface area contributed by atoms with Gasteiger partial charge in [0.2, 0.25) is 11.8 Å². The molecule has 1 aromatic carbocycles. The van der Waals surface area contributed by atoms with Gasteiger partial charge in [0.15, 0.2) is 0 Å². The molecule has 2 rings (SSSR count). The molecule has 0 unspecified atom stereocenters. The van der Waals surface area contributed by atoms with E-state index in [1.807, 2.05) is 31.2 Å². The maximum atomic E-state index is 12.1. The van der Waals surface area contributed by atoms with E-state index in [1.165, 1.54) is 5.56 Å². The van der Waals surface area contributed by atoms with E-state index in [2.05, 4.69) is 5.32 Å². The molecule has 0 aromatic heterocycles. The lowest BCUT2D eigenvalue weighted by Gasteiger charge is -2.19. The third kappa shape index (κ3) is 3.99. The second kappa shape index (κ2) is 6.61. The van der Waals surface area contributed by atoms with Crippen molar-refractivity contribution in [3.8, 4) is 0 Å². The van der Waals surface area contributed by atoms with Gasteiger partial charge in [-0.25, -0.2) is 0 Å². The molecule has 0 atom stereocenters. The Kier molecular flexibility index (Phi) is 4.85. The van der Waals surface area contributed by atoms with E-state index in [0.29, 0.717) is 31.8 Å². The summed E-state index contributed by atoms with van der Waals surface area (Å²) >= 11 is 1.56. The van der Waals surface area contributed by atoms with E-state index in [4.69, 9.17) is 0 Å². The number of amides is 2. The number of hydrogen-bond donors (Lipinski definition) is 1. The van der Waals surface area contributed by atoms with Crippen LogP contribution in [0.5, 0.6) is 0 Å². The lowest BCUT2D eigenvalue weighted by molar-refractivity contribution is -0.128. The fraction of sp³-hybridized carbons (Fsp3) is 0.429. The van der Waals surface area contributed by atoms with Gasteiger partial charge in [-0.1, -0.05) is 18.2 Å². The van der Waals surface area contributed by atoms with Crippen LogP contribution >= 0.6 is 11.8 Å². The summed E-state index contributed by atoms with van der Waals surface area (Å²) in [7, 11) is 0. The van der Waals surface area contributed by atoms with Crippen LogP contribution in [0.2, 0.25) is 0 Å². The normalized spacial score (nSPS) is 15.8. The second-order valence-corrected chi connectivity index (χ2v) is 5.55. The molecule has 102 valence electrons. The number of benzene rings is 1. The number of hydrogen-bond acceptors (Lipinski definition) is 3. The fourth-order valence-electron chi connectivity index (χ4n) is 1.97. The molecular weight excluding hydrogens is 260 g/mol. The summed E-state index contributed by atoms with van der Waals surface area (Å²) < 4.78 is 0. The van der Waals surface area contributed by atoms with E-state index >= 15 is 0 Å². The monoisotopic (exact) mass is 278 g/mol. The number of carbonyl (C=O) groups excluding carboxylic acids is 2. The van der Waals surface area contributed by atoms with Crippen molar-refractivity contribution in [3.63, 3.8) is 0 Å². The molecular formula is C14H18N2O2S. The van der Waals surface area contributed by atoms with Gasteiger partial charge in [-0.2, -0.15) is 0 Å². The SMILES string of the molecule is Cc1ccccc1SCC(=O)N1CCNC(=O)CC1. The third-order valence-corrected chi connectivity index (χ3v) is 4.27. The van der Waals surface area contributed by atoms with Crippen LogP contribution in [-0.2, 0) is 9.59 Å². The lowest BCUT2D eigenvalue weighted by atomic mass is 10.2. The molecule has 1 aromatic rings. The Bertz CT molecular complexity index is 476. The Morgan fingerprint density at radius 2 is 2.16 bits per heavy atom. The molecule has 1 N–H and O–H groups in total. The smallest absolute Gasteiger partial charge is 0.233 e. The number of nitrogens with zero attached hydrogens (tertiary/aromatic N) is 1. The standard InChI is InChI=1S/C14H18N2O2S/c1-11-4-2-3-5-12(11)19-10-14(18)16-8-6-13(17)15-7-9-16/h2-5H,6-10H2,1H3,(H,15,17). The van der Waals surface area contributed by atoms with E-state index < -0.39 is 0 Å². The van der Waals surface area contributed by atoms with Crippen molar-refractivity contribution in [2.45, 2.75) is 18.2 Å². The summed E-state index contributed by atoms with van der Waals surface area (Å²) in [6, 6.07) is 8.05. The minimum absolute atomic E-state index is 0.0295. The topological polar surface area (TPSA) is 49.4 Å². The van der Waals surface area contributed by atoms with Gasteiger partial charge < -0.3 is 10.2 Å². The Morgan fingerprint density at radius 1 is 1.37 bits per heavy atom.